The standard InChI is InChI=1S/C15H20ClNO2/c1-19-14-7-3-5-12(9-14)15(18)17-10-11-4-2-6-13(16)8-11/h3,5,7,9,11,13H,2,4,6,8,10H2,1H3,(H,17,18). The first-order chi connectivity index (χ1) is 9.19. The molecule has 0 spiro atoms. The Hall–Kier alpha value is -1.22. The number of alkyl halides is 1. The summed E-state index contributed by atoms with van der Waals surface area (Å²) in [5.41, 5.74) is 0.637. The van der Waals surface area contributed by atoms with Crippen molar-refractivity contribution >= 4 is 17.5 Å². The number of carbonyl (C=O) groups excluding carboxylic acids is 1. The van der Waals surface area contributed by atoms with E-state index in [4.69, 9.17) is 16.3 Å². The lowest BCUT2D eigenvalue weighted by atomic mass is 9.89. The van der Waals surface area contributed by atoms with Crippen LogP contribution in [0.5, 0.6) is 5.75 Å². The Morgan fingerprint density at radius 1 is 1.47 bits per heavy atom. The number of carbonyl (C=O) groups is 1. The quantitative estimate of drug-likeness (QED) is 0.861. The molecule has 1 saturated carbocycles. The van der Waals surface area contributed by atoms with Crippen LogP contribution in [0, 0.1) is 5.92 Å². The van der Waals surface area contributed by atoms with Crippen molar-refractivity contribution in [1.82, 2.24) is 5.32 Å². The van der Waals surface area contributed by atoms with Crippen molar-refractivity contribution < 1.29 is 9.53 Å². The normalized spacial score (nSPS) is 22.8. The third kappa shape index (κ3) is 4.13. The summed E-state index contributed by atoms with van der Waals surface area (Å²) in [6.07, 6.45) is 4.41. The minimum Gasteiger partial charge on any atom is -0.497 e. The molecule has 4 heteroatoms. The molecular formula is C15H20ClNO2. The van der Waals surface area contributed by atoms with Crippen LogP contribution in [-0.4, -0.2) is 24.9 Å². The summed E-state index contributed by atoms with van der Waals surface area (Å²) in [6, 6.07) is 7.20. The van der Waals surface area contributed by atoms with E-state index in [0.29, 0.717) is 23.8 Å². The maximum absolute atomic E-state index is 12.0. The fraction of sp³-hybridized carbons (Fsp3) is 0.533. The van der Waals surface area contributed by atoms with E-state index in [1.165, 1.54) is 0 Å². The highest BCUT2D eigenvalue weighted by atomic mass is 35.5. The summed E-state index contributed by atoms with van der Waals surface area (Å²) in [5, 5.41) is 3.26. The molecule has 0 radical (unpaired) electrons. The second-order valence-electron chi connectivity index (χ2n) is 5.07. The Morgan fingerprint density at radius 2 is 2.32 bits per heavy atom. The van der Waals surface area contributed by atoms with Gasteiger partial charge in [-0.15, -0.1) is 11.6 Å². The monoisotopic (exact) mass is 281 g/mol. The summed E-state index contributed by atoms with van der Waals surface area (Å²) in [4.78, 5) is 12.0. The third-order valence-electron chi connectivity index (χ3n) is 3.60. The topological polar surface area (TPSA) is 38.3 Å². The van der Waals surface area contributed by atoms with Gasteiger partial charge in [-0.25, -0.2) is 0 Å². The van der Waals surface area contributed by atoms with Gasteiger partial charge in [-0.2, -0.15) is 0 Å². The fourth-order valence-electron chi connectivity index (χ4n) is 2.51. The first-order valence-corrected chi connectivity index (χ1v) is 7.19. The molecule has 1 fully saturated rings. The minimum atomic E-state index is -0.0457. The molecule has 1 aromatic rings. The molecule has 1 aliphatic carbocycles. The minimum absolute atomic E-state index is 0.0457. The van der Waals surface area contributed by atoms with Crippen LogP contribution in [0.25, 0.3) is 0 Å². The lowest BCUT2D eigenvalue weighted by molar-refractivity contribution is 0.0943. The second kappa shape index (κ2) is 6.80. The Balaban J connectivity index is 1.86. The average Bonchev–Trinajstić information content (AvgIpc) is 2.45. The predicted molar refractivity (Wildman–Crippen MR) is 76.9 cm³/mol. The van der Waals surface area contributed by atoms with Crippen molar-refractivity contribution in [3.8, 4) is 5.75 Å². The first-order valence-electron chi connectivity index (χ1n) is 6.75. The molecule has 0 bridgehead atoms. The summed E-state index contributed by atoms with van der Waals surface area (Å²) >= 11 is 6.15. The van der Waals surface area contributed by atoms with E-state index in [1.54, 1.807) is 19.2 Å². The van der Waals surface area contributed by atoms with Gasteiger partial charge in [-0.3, -0.25) is 4.79 Å². The van der Waals surface area contributed by atoms with Crippen LogP contribution in [-0.2, 0) is 0 Å². The largest absolute Gasteiger partial charge is 0.497 e. The number of amides is 1. The van der Waals surface area contributed by atoms with E-state index in [-0.39, 0.29) is 11.3 Å². The highest BCUT2D eigenvalue weighted by molar-refractivity contribution is 6.20. The Bertz CT molecular complexity index is 436. The smallest absolute Gasteiger partial charge is 0.251 e. The van der Waals surface area contributed by atoms with Gasteiger partial charge in [0.2, 0.25) is 0 Å². The number of methoxy groups -OCH3 is 1. The van der Waals surface area contributed by atoms with Crippen molar-refractivity contribution in [2.45, 2.75) is 31.1 Å². The van der Waals surface area contributed by atoms with E-state index < -0.39 is 0 Å². The maximum atomic E-state index is 12.0. The van der Waals surface area contributed by atoms with E-state index in [9.17, 15) is 4.79 Å². The van der Waals surface area contributed by atoms with Crippen molar-refractivity contribution in [2.75, 3.05) is 13.7 Å². The molecule has 2 unspecified atom stereocenters. The van der Waals surface area contributed by atoms with Crippen LogP contribution < -0.4 is 10.1 Å². The molecule has 104 valence electrons. The number of benzene rings is 1. The third-order valence-corrected chi connectivity index (χ3v) is 4.00. The van der Waals surface area contributed by atoms with E-state index in [0.717, 1.165) is 25.7 Å². The van der Waals surface area contributed by atoms with Gasteiger partial charge >= 0.3 is 0 Å². The van der Waals surface area contributed by atoms with Crippen LogP contribution >= 0.6 is 11.6 Å². The number of hydrogen-bond acceptors (Lipinski definition) is 2. The Labute approximate surface area is 119 Å². The molecule has 2 rings (SSSR count). The van der Waals surface area contributed by atoms with Crippen molar-refractivity contribution in [3.05, 3.63) is 29.8 Å². The van der Waals surface area contributed by atoms with E-state index in [1.807, 2.05) is 12.1 Å². The van der Waals surface area contributed by atoms with Gasteiger partial charge in [0.25, 0.3) is 5.91 Å². The molecule has 0 aromatic heterocycles. The van der Waals surface area contributed by atoms with E-state index >= 15 is 0 Å². The number of ether oxygens (including phenoxy) is 1. The van der Waals surface area contributed by atoms with Crippen molar-refractivity contribution in [1.29, 1.82) is 0 Å². The SMILES string of the molecule is COc1cccc(C(=O)NCC2CCCC(Cl)C2)c1. The van der Waals surface area contributed by atoms with Crippen molar-refractivity contribution in [3.63, 3.8) is 0 Å². The average molecular weight is 282 g/mol. The van der Waals surface area contributed by atoms with Gasteiger partial charge in [-0.05, 0) is 43.4 Å². The van der Waals surface area contributed by atoms with Crippen LogP contribution in [0.1, 0.15) is 36.0 Å². The summed E-state index contributed by atoms with van der Waals surface area (Å²) in [7, 11) is 1.60. The Kier molecular flexibility index (Phi) is 5.08. The van der Waals surface area contributed by atoms with Crippen LogP contribution in [0.4, 0.5) is 0 Å². The fourth-order valence-corrected chi connectivity index (χ4v) is 2.92. The molecule has 3 nitrogen and oxygen atoms in total. The number of rotatable bonds is 4. The number of hydrogen-bond donors (Lipinski definition) is 1. The van der Waals surface area contributed by atoms with Gasteiger partial charge in [-0.1, -0.05) is 12.5 Å². The van der Waals surface area contributed by atoms with Crippen LogP contribution in [0.15, 0.2) is 24.3 Å². The lowest BCUT2D eigenvalue weighted by Gasteiger charge is -2.25. The molecule has 2 atom stereocenters. The molecule has 1 aromatic carbocycles. The van der Waals surface area contributed by atoms with Crippen molar-refractivity contribution in [2.24, 2.45) is 5.92 Å². The van der Waals surface area contributed by atoms with Crippen LogP contribution in [0.3, 0.4) is 0 Å². The molecule has 0 aliphatic heterocycles. The zero-order valence-corrected chi connectivity index (χ0v) is 12.0. The molecular weight excluding hydrogens is 262 g/mol. The molecule has 1 N–H and O–H groups in total. The van der Waals surface area contributed by atoms with Gasteiger partial charge in [0.05, 0.1) is 7.11 Å². The zero-order chi connectivity index (χ0) is 13.7. The summed E-state index contributed by atoms with van der Waals surface area (Å²) < 4.78 is 5.12. The summed E-state index contributed by atoms with van der Waals surface area (Å²) in [6.45, 7) is 0.708. The van der Waals surface area contributed by atoms with Gasteiger partial charge < -0.3 is 10.1 Å². The lowest BCUT2D eigenvalue weighted by Crippen LogP contribution is -2.32. The highest BCUT2D eigenvalue weighted by Crippen LogP contribution is 2.27. The van der Waals surface area contributed by atoms with E-state index in [2.05, 4.69) is 5.32 Å². The van der Waals surface area contributed by atoms with Crippen LogP contribution in [0.2, 0.25) is 0 Å². The Morgan fingerprint density at radius 3 is 3.05 bits per heavy atom. The maximum Gasteiger partial charge on any atom is 0.251 e. The molecule has 0 saturated heterocycles. The highest BCUT2D eigenvalue weighted by Gasteiger charge is 2.20. The zero-order valence-electron chi connectivity index (χ0n) is 11.2. The number of nitrogens with one attached hydrogen (secondary N) is 1. The number of halogens is 1. The van der Waals surface area contributed by atoms with Gasteiger partial charge in [0.15, 0.2) is 0 Å². The summed E-state index contributed by atoms with van der Waals surface area (Å²) in [5.74, 6) is 1.16. The van der Waals surface area contributed by atoms with Gasteiger partial charge in [0.1, 0.15) is 5.75 Å². The van der Waals surface area contributed by atoms with Gasteiger partial charge in [0, 0.05) is 17.5 Å². The molecule has 0 heterocycles. The molecule has 1 amide bonds. The predicted octanol–water partition coefficient (Wildman–Crippen LogP) is 3.22. The molecule has 19 heavy (non-hydrogen) atoms. The first kappa shape index (κ1) is 14.2. The molecule has 1 aliphatic rings. The second-order valence-corrected chi connectivity index (χ2v) is 5.69.